The number of aliphatic hydroxyl groups is 1. The van der Waals surface area contributed by atoms with Crippen LogP contribution in [0.1, 0.15) is 37.7 Å². The summed E-state index contributed by atoms with van der Waals surface area (Å²) in [5.74, 6) is 0.558. The van der Waals surface area contributed by atoms with Gasteiger partial charge in [-0.1, -0.05) is 25.0 Å². The van der Waals surface area contributed by atoms with Gasteiger partial charge >= 0.3 is 0 Å². The van der Waals surface area contributed by atoms with Crippen molar-refractivity contribution in [2.24, 2.45) is 5.92 Å². The molecule has 2 unspecified atom stereocenters. The van der Waals surface area contributed by atoms with Gasteiger partial charge in [0, 0.05) is 19.2 Å². The lowest BCUT2D eigenvalue weighted by Crippen LogP contribution is -2.39. The van der Waals surface area contributed by atoms with E-state index in [-0.39, 0.29) is 12.6 Å². The molecule has 0 aromatic heterocycles. The van der Waals surface area contributed by atoms with Crippen molar-refractivity contribution in [1.82, 2.24) is 4.31 Å². The van der Waals surface area contributed by atoms with Crippen molar-refractivity contribution in [3.8, 4) is 0 Å². The van der Waals surface area contributed by atoms with E-state index in [2.05, 4.69) is 0 Å². The molecular formula is C16H23NO3S. The second-order valence-electron chi connectivity index (χ2n) is 6.13. The highest BCUT2D eigenvalue weighted by Crippen LogP contribution is 2.39. The van der Waals surface area contributed by atoms with Gasteiger partial charge in [0.15, 0.2) is 0 Å². The molecule has 1 saturated heterocycles. The summed E-state index contributed by atoms with van der Waals surface area (Å²) in [5, 5.41) is 8.92. The third-order valence-corrected chi connectivity index (χ3v) is 6.83. The topological polar surface area (TPSA) is 57.6 Å². The molecule has 1 aromatic carbocycles. The van der Waals surface area contributed by atoms with Crippen LogP contribution in [0.15, 0.2) is 29.2 Å². The van der Waals surface area contributed by atoms with Crippen LogP contribution in [0.3, 0.4) is 0 Å². The number of fused-ring (bicyclic) bond motifs is 1. The van der Waals surface area contributed by atoms with Crippen LogP contribution in [0.2, 0.25) is 0 Å². The van der Waals surface area contributed by atoms with Gasteiger partial charge in [-0.3, -0.25) is 0 Å². The predicted molar refractivity (Wildman–Crippen MR) is 81.5 cm³/mol. The zero-order chi connectivity index (χ0) is 14.9. The first-order valence-corrected chi connectivity index (χ1v) is 9.28. The lowest BCUT2D eigenvalue weighted by molar-refractivity contribution is 0.260. The minimum absolute atomic E-state index is 0.0853. The zero-order valence-electron chi connectivity index (χ0n) is 12.2. The average molecular weight is 309 g/mol. The van der Waals surface area contributed by atoms with E-state index in [0.717, 1.165) is 24.8 Å². The van der Waals surface area contributed by atoms with E-state index in [1.807, 2.05) is 0 Å². The molecule has 1 saturated carbocycles. The van der Waals surface area contributed by atoms with Crippen LogP contribution in [0, 0.1) is 5.92 Å². The van der Waals surface area contributed by atoms with E-state index in [4.69, 9.17) is 5.11 Å². The van der Waals surface area contributed by atoms with Gasteiger partial charge in [-0.2, -0.15) is 4.31 Å². The molecule has 21 heavy (non-hydrogen) atoms. The van der Waals surface area contributed by atoms with Gasteiger partial charge in [-0.15, -0.1) is 0 Å². The van der Waals surface area contributed by atoms with Gasteiger partial charge in [-0.05, 0) is 49.3 Å². The maximum Gasteiger partial charge on any atom is 0.243 e. The molecule has 1 N–H and O–H groups in total. The molecule has 1 aromatic rings. The highest BCUT2D eigenvalue weighted by atomic mass is 32.2. The molecule has 0 bridgehead atoms. The summed E-state index contributed by atoms with van der Waals surface area (Å²) in [4.78, 5) is 0.385. The van der Waals surface area contributed by atoms with Gasteiger partial charge in [0.05, 0.1) is 4.90 Å². The third kappa shape index (κ3) is 2.87. The first kappa shape index (κ1) is 15.0. The van der Waals surface area contributed by atoms with Crippen molar-refractivity contribution in [3.05, 3.63) is 29.8 Å². The molecule has 2 aliphatic rings. The summed E-state index contributed by atoms with van der Waals surface area (Å²) in [6, 6.07) is 7.17. The van der Waals surface area contributed by atoms with Crippen LogP contribution in [-0.4, -0.2) is 37.0 Å². The molecule has 1 heterocycles. The number of hydrogen-bond acceptors (Lipinski definition) is 3. The Morgan fingerprint density at radius 2 is 1.81 bits per heavy atom. The van der Waals surface area contributed by atoms with Crippen LogP contribution in [0.5, 0.6) is 0 Å². The Bertz CT molecular complexity index is 582. The summed E-state index contributed by atoms with van der Waals surface area (Å²) in [5.41, 5.74) is 0.966. The Labute approximate surface area is 126 Å². The zero-order valence-corrected chi connectivity index (χ0v) is 13.1. The predicted octanol–water partition coefficient (Wildman–Crippen LogP) is 2.17. The van der Waals surface area contributed by atoms with Crippen molar-refractivity contribution in [2.75, 3.05) is 13.2 Å². The summed E-state index contributed by atoms with van der Waals surface area (Å²) in [7, 11) is -3.37. The Morgan fingerprint density at radius 3 is 2.52 bits per heavy atom. The second kappa shape index (κ2) is 6.07. The first-order valence-electron chi connectivity index (χ1n) is 7.84. The largest absolute Gasteiger partial charge is 0.396 e. The van der Waals surface area contributed by atoms with Crippen LogP contribution in [0.25, 0.3) is 0 Å². The lowest BCUT2D eigenvalue weighted by Gasteiger charge is -2.31. The third-order valence-electron chi connectivity index (χ3n) is 4.89. The molecule has 3 rings (SSSR count). The fraction of sp³-hybridized carbons (Fsp3) is 0.625. The smallest absolute Gasteiger partial charge is 0.243 e. The highest BCUT2D eigenvalue weighted by molar-refractivity contribution is 7.89. The molecule has 1 aliphatic carbocycles. The number of benzene rings is 1. The number of aliphatic hydroxyl groups excluding tert-OH is 1. The number of sulfonamides is 1. The second-order valence-corrected chi connectivity index (χ2v) is 8.02. The monoisotopic (exact) mass is 309 g/mol. The lowest BCUT2D eigenvalue weighted by atomic mass is 9.86. The Morgan fingerprint density at radius 1 is 1.10 bits per heavy atom. The summed E-state index contributed by atoms with van der Waals surface area (Å²) >= 11 is 0. The maximum absolute atomic E-state index is 12.8. The molecule has 0 radical (unpaired) electrons. The molecule has 0 amide bonds. The fourth-order valence-electron chi connectivity index (χ4n) is 3.75. The van der Waals surface area contributed by atoms with E-state index in [0.29, 0.717) is 23.8 Å². The van der Waals surface area contributed by atoms with Gasteiger partial charge in [-0.25, -0.2) is 8.42 Å². The standard InChI is InChI=1S/C16H23NO3S/c18-12-10-13-5-7-15(8-6-13)21(19,20)17-11-9-14-3-1-2-4-16(14)17/h5-8,14,16,18H,1-4,9-12H2. The number of nitrogens with zero attached hydrogens (tertiary/aromatic N) is 1. The molecule has 2 atom stereocenters. The SMILES string of the molecule is O=S(=O)(c1ccc(CCO)cc1)N1CCC2CCCCC21. The van der Waals surface area contributed by atoms with E-state index < -0.39 is 10.0 Å². The molecule has 2 fully saturated rings. The average Bonchev–Trinajstić information content (AvgIpc) is 2.93. The Balaban J connectivity index is 1.83. The van der Waals surface area contributed by atoms with Crippen LogP contribution in [0.4, 0.5) is 0 Å². The summed E-state index contributed by atoms with van der Waals surface area (Å²) < 4.78 is 27.4. The van der Waals surface area contributed by atoms with Crippen molar-refractivity contribution in [3.63, 3.8) is 0 Å². The van der Waals surface area contributed by atoms with Crippen LogP contribution in [-0.2, 0) is 16.4 Å². The Hall–Kier alpha value is -0.910. The van der Waals surface area contributed by atoms with Gasteiger partial charge in [0.25, 0.3) is 0 Å². The normalized spacial score (nSPS) is 26.7. The Kier molecular flexibility index (Phi) is 4.33. The number of rotatable bonds is 4. The molecule has 116 valence electrons. The van der Waals surface area contributed by atoms with Crippen molar-refractivity contribution in [2.45, 2.75) is 49.5 Å². The minimum Gasteiger partial charge on any atom is -0.396 e. The van der Waals surface area contributed by atoms with Gasteiger partial charge in [0.2, 0.25) is 10.0 Å². The van der Waals surface area contributed by atoms with Gasteiger partial charge in [0.1, 0.15) is 0 Å². The molecular weight excluding hydrogens is 286 g/mol. The minimum atomic E-state index is -3.37. The van der Waals surface area contributed by atoms with Crippen LogP contribution >= 0.6 is 0 Å². The summed E-state index contributed by atoms with van der Waals surface area (Å²) in [6.07, 6.45) is 6.13. The van der Waals surface area contributed by atoms with Crippen molar-refractivity contribution >= 4 is 10.0 Å². The molecule has 4 nitrogen and oxygen atoms in total. The number of hydrogen-bond donors (Lipinski definition) is 1. The molecule has 1 aliphatic heterocycles. The van der Waals surface area contributed by atoms with Crippen molar-refractivity contribution in [1.29, 1.82) is 0 Å². The van der Waals surface area contributed by atoms with Crippen molar-refractivity contribution < 1.29 is 13.5 Å². The van der Waals surface area contributed by atoms with E-state index >= 15 is 0 Å². The summed E-state index contributed by atoms with van der Waals surface area (Å²) in [6.45, 7) is 0.748. The molecule has 0 spiro atoms. The first-order chi connectivity index (χ1) is 10.1. The van der Waals surface area contributed by atoms with Gasteiger partial charge < -0.3 is 5.11 Å². The fourth-order valence-corrected chi connectivity index (χ4v) is 5.48. The van der Waals surface area contributed by atoms with E-state index in [1.54, 1.807) is 28.6 Å². The van der Waals surface area contributed by atoms with Crippen LogP contribution < -0.4 is 0 Å². The highest BCUT2D eigenvalue weighted by Gasteiger charge is 2.42. The van der Waals surface area contributed by atoms with E-state index in [9.17, 15) is 8.42 Å². The molecule has 5 heteroatoms. The van der Waals surface area contributed by atoms with E-state index in [1.165, 1.54) is 12.8 Å². The quantitative estimate of drug-likeness (QED) is 0.927. The maximum atomic E-state index is 12.8.